The van der Waals surface area contributed by atoms with Crippen molar-refractivity contribution in [1.82, 2.24) is 15.0 Å². The van der Waals surface area contributed by atoms with Gasteiger partial charge in [-0.05, 0) is 0 Å². The average Bonchev–Trinajstić information content (AvgIpc) is 2.79. The number of anilines is 2. The van der Waals surface area contributed by atoms with Crippen LogP contribution in [0.25, 0.3) is 0 Å². The SMILES string of the molecule is C=CCNc1nc(NCCOCCOCCN)nc(Oc2c(F)c(F)c(F)c(F)c2F)n1. The Bertz CT molecular complexity index is 892. The Balaban J connectivity index is 2.12. The van der Waals surface area contributed by atoms with Crippen LogP contribution in [0.1, 0.15) is 0 Å². The maximum absolute atomic E-state index is 13.9. The van der Waals surface area contributed by atoms with Gasteiger partial charge in [0.1, 0.15) is 0 Å². The molecule has 2 aromatic rings. The maximum Gasteiger partial charge on any atom is 0.328 e. The van der Waals surface area contributed by atoms with E-state index in [0.29, 0.717) is 26.4 Å². The van der Waals surface area contributed by atoms with Crippen LogP contribution in [0.15, 0.2) is 12.7 Å². The third kappa shape index (κ3) is 6.96. The molecule has 0 aliphatic rings. The molecule has 2 rings (SSSR count). The smallest absolute Gasteiger partial charge is 0.328 e. The van der Waals surface area contributed by atoms with Crippen LogP contribution in [0.3, 0.4) is 0 Å². The minimum atomic E-state index is -2.31. The molecule has 0 aliphatic carbocycles. The van der Waals surface area contributed by atoms with Gasteiger partial charge in [0.15, 0.2) is 0 Å². The Morgan fingerprint density at radius 2 is 1.34 bits per heavy atom. The van der Waals surface area contributed by atoms with Crippen molar-refractivity contribution in [3.63, 3.8) is 0 Å². The van der Waals surface area contributed by atoms with Crippen molar-refractivity contribution in [2.75, 3.05) is 56.7 Å². The molecule has 0 radical (unpaired) electrons. The minimum Gasteiger partial charge on any atom is -0.418 e. The lowest BCUT2D eigenvalue weighted by molar-refractivity contribution is 0.0547. The summed E-state index contributed by atoms with van der Waals surface area (Å²) in [4.78, 5) is 11.5. The van der Waals surface area contributed by atoms with Crippen LogP contribution < -0.4 is 21.1 Å². The van der Waals surface area contributed by atoms with Gasteiger partial charge in [-0.1, -0.05) is 6.08 Å². The summed E-state index contributed by atoms with van der Waals surface area (Å²) in [6.07, 6.45) is 1.47. The first-order valence-corrected chi connectivity index (χ1v) is 9.28. The number of ether oxygens (including phenoxy) is 3. The molecule has 0 amide bonds. The summed E-state index contributed by atoms with van der Waals surface area (Å²) in [5.41, 5.74) is 5.29. The standard InChI is InChI=1S/C18H21F5N6O3/c1-2-4-25-16-27-17(26-5-7-31-9-8-30-6-3-24)29-18(28-16)32-15-13(22)11(20)10(19)12(21)14(15)23/h2H,1,3-9,24H2,(H2,25,26,27,28,29). The molecule has 1 heterocycles. The van der Waals surface area contributed by atoms with Crippen LogP contribution in [0, 0.1) is 29.1 Å². The summed E-state index contributed by atoms with van der Waals surface area (Å²) in [6.45, 7) is 5.64. The van der Waals surface area contributed by atoms with Gasteiger partial charge < -0.3 is 30.6 Å². The van der Waals surface area contributed by atoms with E-state index in [1.54, 1.807) is 0 Å². The number of hydrogen-bond acceptors (Lipinski definition) is 9. The predicted octanol–water partition coefficient (Wildman–Crippen LogP) is 2.36. The number of aromatic nitrogens is 3. The van der Waals surface area contributed by atoms with E-state index >= 15 is 0 Å². The zero-order chi connectivity index (χ0) is 23.5. The van der Waals surface area contributed by atoms with Gasteiger partial charge in [0.2, 0.25) is 46.7 Å². The molecule has 0 unspecified atom stereocenters. The number of benzene rings is 1. The lowest BCUT2D eigenvalue weighted by Gasteiger charge is -2.12. The minimum absolute atomic E-state index is 0.0997. The van der Waals surface area contributed by atoms with Crippen molar-refractivity contribution < 1.29 is 36.2 Å². The zero-order valence-corrected chi connectivity index (χ0v) is 16.8. The van der Waals surface area contributed by atoms with E-state index < -0.39 is 40.8 Å². The summed E-state index contributed by atoms with van der Waals surface area (Å²) in [6, 6.07) is -0.714. The normalized spacial score (nSPS) is 10.8. The fourth-order valence-corrected chi connectivity index (χ4v) is 2.13. The molecule has 0 saturated heterocycles. The van der Waals surface area contributed by atoms with Crippen molar-refractivity contribution in [3.05, 3.63) is 41.7 Å². The van der Waals surface area contributed by atoms with E-state index in [1.807, 2.05) is 0 Å². The van der Waals surface area contributed by atoms with Crippen LogP contribution in [-0.2, 0) is 9.47 Å². The van der Waals surface area contributed by atoms with Crippen LogP contribution in [-0.4, -0.2) is 61.0 Å². The Morgan fingerprint density at radius 1 is 0.781 bits per heavy atom. The van der Waals surface area contributed by atoms with Gasteiger partial charge in [-0.2, -0.15) is 23.7 Å². The molecule has 32 heavy (non-hydrogen) atoms. The molecular formula is C18H21F5N6O3. The number of nitrogens with zero attached hydrogens (tertiary/aromatic N) is 3. The molecule has 1 aromatic heterocycles. The third-order valence-electron chi connectivity index (χ3n) is 3.55. The highest BCUT2D eigenvalue weighted by molar-refractivity contribution is 5.38. The van der Waals surface area contributed by atoms with Crippen molar-refractivity contribution in [3.8, 4) is 11.8 Å². The molecule has 9 nitrogen and oxygen atoms in total. The monoisotopic (exact) mass is 464 g/mol. The fourth-order valence-electron chi connectivity index (χ4n) is 2.13. The number of halogens is 5. The highest BCUT2D eigenvalue weighted by Gasteiger charge is 2.28. The first-order valence-electron chi connectivity index (χ1n) is 9.28. The molecule has 0 saturated carbocycles. The van der Waals surface area contributed by atoms with Gasteiger partial charge in [-0.3, -0.25) is 0 Å². The van der Waals surface area contributed by atoms with E-state index in [4.69, 9.17) is 19.9 Å². The summed E-state index contributed by atoms with van der Waals surface area (Å²) < 4.78 is 83.1. The first kappa shape index (κ1) is 25.2. The van der Waals surface area contributed by atoms with Gasteiger partial charge in [-0.15, -0.1) is 6.58 Å². The van der Waals surface area contributed by atoms with Crippen LogP contribution in [0.2, 0.25) is 0 Å². The molecule has 4 N–H and O–H groups in total. The van der Waals surface area contributed by atoms with Crippen molar-refractivity contribution in [2.24, 2.45) is 5.73 Å². The van der Waals surface area contributed by atoms with Crippen molar-refractivity contribution >= 4 is 11.9 Å². The van der Waals surface area contributed by atoms with Crippen molar-refractivity contribution in [1.29, 1.82) is 0 Å². The lowest BCUT2D eigenvalue weighted by Crippen LogP contribution is -2.16. The Morgan fingerprint density at radius 3 is 1.94 bits per heavy atom. The summed E-state index contributed by atoms with van der Waals surface area (Å²) in [5.74, 6) is -12.7. The number of hydrogen-bond donors (Lipinski definition) is 3. The van der Waals surface area contributed by atoms with Gasteiger partial charge >= 0.3 is 6.01 Å². The number of nitrogens with two attached hydrogens (primary N) is 1. The molecule has 176 valence electrons. The molecular weight excluding hydrogens is 443 g/mol. The zero-order valence-electron chi connectivity index (χ0n) is 16.8. The van der Waals surface area contributed by atoms with E-state index in [0.717, 1.165) is 0 Å². The maximum atomic E-state index is 13.9. The predicted molar refractivity (Wildman–Crippen MR) is 104 cm³/mol. The second-order valence-corrected chi connectivity index (χ2v) is 5.88. The van der Waals surface area contributed by atoms with Crippen molar-refractivity contribution in [2.45, 2.75) is 0 Å². The van der Waals surface area contributed by atoms with E-state index in [1.165, 1.54) is 6.08 Å². The first-order chi connectivity index (χ1) is 15.4. The molecule has 0 atom stereocenters. The second-order valence-electron chi connectivity index (χ2n) is 5.88. The van der Waals surface area contributed by atoms with Crippen LogP contribution in [0.4, 0.5) is 33.8 Å². The molecule has 0 bridgehead atoms. The largest absolute Gasteiger partial charge is 0.418 e. The molecule has 0 aliphatic heterocycles. The highest BCUT2D eigenvalue weighted by Crippen LogP contribution is 2.32. The van der Waals surface area contributed by atoms with E-state index in [2.05, 4.69) is 32.2 Å². The fraction of sp³-hybridized carbons (Fsp3) is 0.389. The summed E-state index contributed by atoms with van der Waals surface area (Å²) >= 11 is 0. The molecule has 0 fully saturated rings. The topological polar surface area (TPSA) is 116 Å². The second kappa shape index (κ2) is 12.7. The molecule has 1 aromatic carbocycles. The molecule has 14 heteroatoms. The Kier molecular flexibility index (Phi) is 9.97. The van der Waals surface area contributed by atoms with Crippen LogP contribution in [0.5, 0.6) is 11.8 Å². The van der Waals surface area contributed by atoms with Gasteiger partial charge in [0.05, 0.1) is 26.4 Å². The van der Waals surface area contributed by atoms with Gasteiger partial charge in [-0.25, -0.2) is 13.2 Å². The van der Waals surface area contributed by atoms with Crippen LogP contribution >= 0.6 is 0 Å². The number of rotatable bonds is 14. The lowest BCUT2D eigenvalue weighted by atomic mass is 10.2. The van der Waals surface area contributed by atoms with Gasteiger partial charge in [0.25, 0.3) is 0 Å². The third-order valence-corrected chi connectivity index (χ3v) is 3.55. The Hall–Kier alpha value is -3.10. The average molecular weight is 464 g/mol. The Labute approximate surface area is 179 Å². The summed E-state index contributed by atoms with van der Waals surface area (Å²) in [7, 11) is 0. The van der Waals surface area contributed by atoms with E-state index in [9.17, 15) is 22.0 Å². The number of nitrogens with one attached hydrogen (secondary N) is 2. The highest BCUT2D eigenvalue weighted by atomic mass is 19.2. The quantitative estimate of drug-likeness (QED) is 0.127. The van der Waals surface area contributed by atoms with E-state index in [-0.39, 0.29) is 31.6 Å². The molecule has 0 spiro atoms. The summed E-state index contributed by atoms with van der Waals surface area (Å²) in [5, 5.41) is 5.46. The van der Waals surface area contributed by atoms with Gasteiger partial charge in [0, 0.05) is 19.6 Å².